The molecule has 19 heavy (non-hydrogen) atoms. The van der Waals surface area contributed by atoms with Crippen LogP contribution in [0.4, 0.5) is 5.69 Å². The van der Waals surface area contributed by atoms with Gasteiger partial charge in [0.15, 0.2) is 0 Å². The number of hydrogen-bond donors (Lipinski definition) is 3. The number of nitrogens with one attached hydrogen (secondary N) is 2. The zero-order valence-corrected chi connectivity index (χ0v) is 11.0. The predicted molar refractivity (Wildman–Crippen MR) is 70.6 cm³/mol. The minimum Gasteiger partial charge on any atom is -0.398 e. The molecule has 0 saturated carbocycles. The summed E-state index contributed by atoms with van der Waals surface area (Å²) < 4.78 is 4.79. The highest BCUT2D eigenvalue weighted by molar-refractivity contribution is 6.00. The summed E-state index contributed by atoms with van der Waals surface area (Å²) in [6.07, 6.45) is 1.39. The lowest BCUT2D eigenvalue weighted by atomic mass is 10.2. The van der Waals surface area contributed by atoms with E-state index in [9.17, 15) is 9.59 Å². The second-order valence-electron chi connectivity index (χ2n) is 3.94. The van der Waals surface area contributed by atoms with Crippen molar-refractivity contribution < 1.29 is 14.3 Å². The zero-order chi connectivity index (χ0) is 14.3. The van der Waals surface area contributed by atoms with Gasteiger partial charge in [-0.15, -0.1) is 0 Å². The fourth-order valence-corrected chi connectivity index (χ4v) is 1.38. The Kier molecular flexibility index (Phi) is 5.74. The molecule has 104 valence electrons. The number of carbonyl (C=O) groups is 2. The Morgan fingerprint density at radius 3 is 2.79 bits per heavy atom. The molecule has 0 radical (unpaired) electrons. The molecule has 0 spiro atoms. The van der Waals surface area contributed by atoms with Gasteiger partial charge in [0.2, 0.25) is 5.91 Å². The predicted octanol–water partition coefficient (Wildman–Crippen LogP) is -0.535. The minimum absolute atomic E-state index is 0.115. The van der Waals surface area contributed by atoms with E-state index < -0.39 is 5.91 Å². The average molecular weight is 266 g/mol. The zero-order valence-electron chi connectivity index (χ0n) is 11.0. The molecule has 0 aromatic carbocycles. The van der Waals surface area contributed by atoms with Crippen molar-refractivity contribution in [2.45, 2.75) is 6.92 Å². The van der Waals surface area contributed by atoms with Crippen LogP contribution in [0.25, 0.3) is 0 Å². The highest BCUT2D eigenvalue weighted by Gasteiger charge is 2.11. The minimum atomic E-state index is -0.424. The summed E-state index contributed by atoms with van der Waals surface area (Å²) in [5.74, 6) is -0.712. The molecule has 4 N–H and O–H groups in total. The Morgan fingerprint density at radius 2 is 2.16 bits per heavy atom. The molecular weight excluding hydrogens is 248 g/mol. The summed E-state index contributed by atoms with van der Waals surface area (Å²) in [5.41, 5.74) is 7.03. The molecule has 0 fully saturated rings. The summed E-state index contributed by atoms with van der Waals surface area (Å²) in [5, 5.41) is 5.06. The number of rotatable bonds is 6. The van der Waals surface area contributed by atoms with Gasteiger partial charge in [-0.3, -0.25) is 14.6 Å². The van der Waals surface area contributed by atoms with E-state index in [1.54, 1.807) is 20.1 Å². The van der Waals surface area contributed by atoms with Gasteiger partial charge in [-0.25, -0.2) is 0 Å². The van der Waals surface area contributed by atoms with Crippen molar-refractivity contribution in [1.29, 1.82) is 0 Å². The largest absolute Gasteiger partial charge is 0.398 e. The molecule has 1 rings (SSSR count). The van der Waals surface area contributed by atoms with Gasteiger partial charge in [0.25, 0.3) is 5.91 Å². The third-order valence-electron chi connectivity index (χ3n) is 2.36. The quantitative estimate of drug-likeness (QED) is 0.600. The lowest BCUT2D eigenvalue weighted by Gasteiger charge is -2.08. The fourth-order valence-electron chi connectivity index (χ4n) is 1.38. The van der Waals surface area contributed by atoms with Crippen LogP contribution in [0.1, 0.15) is 16.1 Å². The van der Waals surface area contributed by atoms with Crippen molar-refractivity contribution in [3.8, 4) is 0 Å². The van der Waals surface area contributed by atoms with Crippen molar-refractivity contribution >= 4 is 17.5 Å². The van der Waals surface area contributed by atoms with Crippen LogP contribution in [0.15, 0.2) is 12.3 Å². The number of nitrogens with two attached hydrogens (primary N) is 1. The number of ether oxygens (including phenoxy) is 1. The lowest BCUT2D eigenvalue weighted by Crippen LogP contribution is -2.38. The van der Waals surface area contributed by atoms with Crippen LogP contribution in [0.3, 0.4) is 0 Å². The molecule has 7 nitrogen and oxygen atoms in total. The number of carbonyl (C=O) groups excluding carboxylic acids is 2. The first kappa shape index (κ1) is 14.9. The highest BCUT2D eigenvalue weighted by Crippen LogP contribution is 2.10. The van der Waals surface area contributed by atoms with Gasteiger partial charge >= 0.3 is 0 Å². The maximum atomic E-state index is 11.8. The number of pyridine rings is 1. The van der Waals surface area contributed by atoms with E-state index in [4.69, 9.17) is 10.5 Å². The van der Waals surface area contributed by atoms with Gasteiger partial charge < -0.3 is 21.1 Å². The number of anilines is 1. The molecule has 0 aliphatic carbocycles. The van der Waals surface area contributed by atoms with E-state index in [1.807, 2.05) is 0 Å². The van der Waals surface area contributed by atoms with Gasteiger partial charge in [0.1, 0.15) is 0 Å². The average Bonchev–Trinajstić information content (AvgIpc) is 2.36. The summed E-state index contributed by atoms with van der Waals surface area (Å²) in [6.45, 7) is 2.49. The van der Waals surface area contributed by atoms with Crippen LogP contribution in [-0.4, -0.2) is 43.6 Å². The Hall–Kier alpha value is -2.15. The van der Waals surface area contributed by atoms with Crippen molar-refractivity contribution in [2.24, 2.45) is 0 Å². The van der Waals surface area contributed by atoms with Crippen molar-refractivity contribution in [3.63, 3.8) is 0 Å². The molecule has 2 amide bonds. The van der Waals surface area contributed by atoms with Gasteiger partial charge in [-0.1, -0.05) is 0 Å². The van der Waals surface area contributed by atoms with Gasteiger partial charge in [0, 0.05) is 31.2 Å². The molecular formula is C12H18N4O3. The number of amides is 2. The van der Waals surface area contributed by atoms with E-state index >= 15 is 0 Å². The van der Waals surface area contributed by atoms with Gasteiger partial charge in [0.05, 0.1) is 18.7 Å². The first-order valence-electron chi connectivity index (χ1n) is 5.80. The third-order valence-corrected chi connectivity index (χ3v) is 2.36. The van der Waals surface area contributed by atoms with Crippen LogP contribution in [0, 0.1) is 6.92 Å². The van der Waals surface area contributed by atoms with Crippen molar-refractivity contribution in [3.05, 3.63) is 23.5 Å². The molecule has 7 heteroatoms. The number of methoxy groups -OCH3 is 1. The summed E-state index contributed by atoms with van der Waals surface area (Å²) in [7, 11) is 1.54. The van der Waals surface area contributed by atoms with E-state index in [0.717, 1.165) is 5.69 Å². The third kappa shape index (κ3) is 4.92. The van der Waals surface area contributed by atoms with Gasteiger partial charge in [-0.05, 0) is 13.0 Å². The first-order valence-corrected chi connectivity index (χ1v) is 5.80. The molecule has 0 unspecified atom stereocenters. The number of nitrogens with zero attached hydrogens (tertiary/aromatic N) is 1. The molecule has 0 saturated heterocycles. The molecule has 0 atom stereocenters. The van der Waals surface area contributed by atoms with Crippen LogP contribution in [-0.2, 0) is 9.53 Å². The Balaban J connectivity index is 2.45. The van der Waals surface area contributed by atoms with E-state index in [0.29, 0.717) is 18.8 Å². The molecule has 0 bridgehead atoms. The maximum Gasteiger partial charge on any atom is 0.255 e. The van der Waals surface area contributed by atoms with Crippen molar-refractivity contribution in [2.75, 3.05) is 32.5 Å². The van der Waals surface area contributed by atoms with Gasteiger partial charge in [-0.2, -0.15) is 0 Å². The standard InChI is InChI=1S/C12H18N4O3/c1-8-5-10(13)9(6-15-8)12(18)16-7-11(17)14-3-4-19-2/h5-6H,3-4,7H2,1-2H3,(H2,13,15)(H,14,17)(H,16,18). The van der Waals surface area contributed by atoms with Crippen LogP contribution in [0.2, 0.25) is 0 Å². The van der Waals surface area contributed by atoms with E-state index in [1.165, 1.54) is 6.20 Å². The number of aromatic nitrogens is 1. The Bertz CT molecular complexity index is 462. The molecule has 0 aliphatic heterocycles. The highest BCUT2D eigenvalue weighted by atomic mass is 16.5. The van der Waals surface area contributed by atoms with E-state index in [-0.39, 0.29) is 18.0 Å². The first-order chi connectivity index (χ1) is 9.04. The lowest BCUT2D eigenvalue weighted by molar-refractivity contribution is -0.120. The van der Waals surface area contributed by atoms with Crippen molar-refractivity contribution in [1.82, 2.24) is 15.6 Å². The Labute approximate surface area is 111 Å². The normalized spacial score (nSPS) is 10.0. The number of hydrogen-bond acceptors (Lipinski definition) is 5. The summed E-state index contributed by atoms with van der Waals surface area (Å²) in [4.78, 5) is 27.1. The summed E-state index contributed by atoms with van der Waals surface area (Å²) >= 11 is 0. The number of nitrogen functional groups attached to an aromatic ring is 1. The molecule has 1 aromatic rings. The number of aryl methyl sites for hydroxylation is 1. The monoisotopic (exact) mass is 266 g/mol. The summed E-state index contributed by atoms with van der Waals surface area (Å²) in [6, 6.07) is 1.60. The van der Waals surface area contributed by atoms with Crippen LogP contribution < -0.4 is 16.4 Å². The second kappa shape index (κ2) is 7.32. The topological polar surface area (TPSA) is 106 Å². The maximum absolute atomic E-state index is 11.8. The molecule has 1 aromatic heterocycles. The van der Waals surface area contributed by atoms with Crippen LogP contribution in [0.5, 0.6) is 0 Å². The SMILES string of the molecule is COCCNC(=O)CNC(=O)c1cnc(C)cc1N. The molecule has 0 aliphatic rings. The molecule has 1 heterocycles. The Morgan fingerprint density at radius 1 is 1.42 bits per heavy atom. The smallest absolute Gasteiger partial charge is 0.255 e. The van der Waals surface area contributed by atoms with E-state index in [2.05, 4.69) is 15.6 Å². The second-order valence-corrected chi connectivity index (χ2v) is 3.94. The van der Waals surface area contributed by atoms with Crippen LogP contribution >= 0.6 is 0 Å². The fraction of sp³-hybridized carbons (Fsp3) is 0.417.